The lowest BCUT2D eigenvalue weighted by atomic mass is 10.1. The van der Waals surface area contributed by atoms with E-state index in [-0.39, 0.29) is 11.5 Å². The molecule has 2 aromatic rings. The molecule has 3 nitrogen and oxygen atoms in total. The van der Waals surface area contributed by atoms with Crippen LogP contribution in [0.1, 0.15) is 11.1 Å². The van der Waals surface area contributed by atoms with Crippen LogP contribution in [0.15, 0.2) is 36.4 Å². The van der Waals surface area contributed by atoms with Crippen LogP contribution in [0.3, 0.4) is 0 Å². The van der Waals surface area contributed by atoms with Gasteiger partial charge in [-0.2, -0.15) is 0 Å². The summed E-state index contributed by atoms with van der Waals surface area (Å²) in [6.45, 7) is 2.32. The molecule has 0 bridgehead atoms. The Kier molecular flexibility index (Phi) is 3.90. The second-order valence-corrected chi connectivity index (χ2v) is 4.29. The first-order chi connectivity index (χ1) is 9.10. The number of ether oxygens (including phenoxy) is 2. The fraction of sp³-hybridized carbons (Fsp3) is 0.200. The van der Waals surface area contributed by atoms with Crippen LogP contribution in [-0.2, 0) is 6.61 Å². The van der Waals surface area contributed by atoms with Gasteiger partial charge in [-0.15, -0.1) is 0 Å². The van der Waals surface area contributed by atoms with Crippen molar-refractivity contribution in [3.8, 4) is 11.5 Å². The second-order valence-electron chi connectivity index (χ2n) is 4.29. The topological polar surface area (TPSA) is 44.5 Å². The van der Waals surface area contributed by atoms with Gasteiger partial charge < -0.3 is 15.2 Å². The van der Waals surface area contributed by atoms with Gasteiger partial charge in [0.15, 0.2) is 0 Å². The quantitative estimate of drug-likeness (QED) is 0.859. The molecule has 19 heavy (non-hydrogen) atoms. The van der Waals surface area contributed by atoms with Crippen molar-refractivity contribution in [3.63, 3.8) is 0 Å². The molecule has 0 amide bonds. The zero-order valence-corrected chi connectivity index (χ0v) is 10.9. The normalized spacial score (nSPS) is 10.3. The third kappa shape index (κ3) is 3.16. The van der Waals surface area contributed by atoms with Crippen molar-refractivity contribution in [2.75, 3.05) is 12.8 Å². The molecular weight excluding hydrogens is 245 g/mol. The van der Waals surface area contributed by atoms with Crippen molar-refractivity contribution in [1.82, 2.24) is 0 Å². The summed E-state index contributed by atoms with van der Waals surface area (Å²) in [6.07, 6.45) is 0. The van der Waals surface area contributed by atoms with Gasteiger partial charge in [0.2, 0.25) is 0 Å². The minimum absolute atomic E-state index is 0.284. The minimum atomic E-state index is -0.377. The summed E-state index contributed by atoms with van der Waals surface area (Å²) >= 11 is 0. The summed E-state index contributed by atoms with van der Waals surface area (Å²) in [7, 11) is 1.61. The van der Waals surface area contributed by atoms with Gasteiger partial charge >= 0.3 is 0 Å². The van der Waals surface area contributed by atoms with Crippen molar-refractivity contribution < 1.29 is 13.9 Å². The molecule has 0 aromatic heterocycles. The number of anilines is 1. The third-order valence-corrected chi connectivity index (χ3v) is 2.79. The van der Waals surface area contributed by atoms with E-state index in [2.05, 4.69) is 0 Å². The van der Waals surface area contributed by atoms with Crippen LogP contribution in [0.4, 0.5) is 10.1 Å². The van der Waals surface area contributed by atoms with Gasteiger partial charge in [-0.25, -0.2) is 4.39 Å². The Labute approximate surface area is 111 Å². The molecule has 0 aliphatic rings. The molecule has 0 saturated carbocycles. The van der Waals surface area contributed by atoms with Gasteiger partial charge in [0, 0.05) is 11.6 Å². The highest BCUT2D eigenvalue weighted by Gasteiger charge is 2.06. The average molecular weight is 261 g/mol. The molecule has 4 heteroatoms. The molecule has 0 saturated heterocycles. The summed E-state index contributed by atoms with van der Waals surface area (Å²) < 4.78 is 23.8. The molecule has 0 heterocycles. The first kappa shape index (κ1) is 13.2. The minimum Gasteiger partial charge on any atom is -0.496 e. The third-order valence-electron chi connectivity index (χ3n) is 2.79. The van der Waals surface area contributed by atoms with Crippen molar-refractivity contribution in [2.45, 2.75) is 13.5 Å². The molecule has 2 N–H and O–H groups in total. The number of nitrogen functional groups attached to an aromatic ring is 1. The Balaban J connectivity index is 2.16. The van der Waals surface area contributed by atoms with Crippen molar-refractivity contribution in [2.24, 2.45) is 0 Å². The predicted molar refractivity (Wildman–Crippen MR) is 72.9 cm³/mol. The molecular formula is C15H16FNO2. The summed E-state index contributed by atoms with van der Waals surface area (Å²) in [6, 6.07) is 9.92. The molecule has 0 spiro atoms. The molecule has 100 valence electrons. The number of methoxy groups -OCH3 is 1. The van der Waals surface area contributed by atoms with Crippen LogP contribution in [0, 0.1) is 12.7 Å². The van der Waals surface area contributed by atoms with E-state index in [0.717, 1.165) is 16.9 Å². The number of aryl methyl sites for hydroxylation is 1. The van der Waals surface area contributed by atoms with E-state index < -0.39 is 0 Å². The van der Waals surface area contributed by atoms with Gasteiger partial charge in [0.1, 0.15) is 23.9 Å². The average Bonchev–Trinajstić information content (AvgIpc) is 2.38. The van der Waals surface area contributed by atoms with Crippen LogP contribution in [-0.4, -0.2) is 7.11 Å². The van der Waals surface area contributed by atoms with E-state index in [9.17, 15) is 4.39 Å². The maximum absolute atomic E-state index is 12.9. The van der Waals surface area contributed by atoms with Gasteiger partial charge in [-0.05, 0) is 31.2 Å². The van der Waals surface area contributed by atoms with Crippen LogP contribution < -0.4 is 15.2 Å². The second kappa shape index (κ2) is 5.61. The van der Waals surface area contributed by atoms with E-state index in [1.54, 1.807) is 7.11 Å². The highest BCUT2D eigenvalue weighted by molar-refractivity contribution is 5.52. The zero-order valence-electron chi connectivity index (χ0n) is 10.9. The summed E-state index contributed by atoms with van der Waals surface area (Å²) in [5.74, 6) is 0.842. The van der Waals surface area contributed by atoms with Crippen molar-refractivity contribution >= 4 is 5.69 Å². The molecule has 0 aliphatic carbocycles. The van der Waals surface area contributed by atoms with Crippen LogP contribution >= 0.6 is 0 Å². The van der Waals surface area contributed by atoms with Gasteiger partial charge in [0.25, 0.3) is 0 Å². The Hall–Kier alpha value is -2.23. The Morgan fingerprint density at radius 2 is 1.84 bits per heavy atom. The fourth-order valence-corrected chi connectivity index (χ4v) is 1.83. The van der Waals surface area contributed by atoms with E-state index in [4.69, 9.17) is 15.2 Å². The Morgan fingerprint density at radius 1 is 1.11 bits per heavy atom. The van der Waals surface area contributed by atoms with Gasteiger partial charge in [-0.3, -0.25) is 0 Å². The lowest BCUT2D eigenvalue weighted by Gasteiger charge is -2.12. The SMILES string of the molecule is COc1ccc(C)cc1COc1ccc(F)cc1N. The number of halogens is 1. The molecule has 0 aliphatic heterocycles. The van der Waals surface area contributed by atoms with Crippen LogP contribution in [0.5, 0.6) is 11.5 Å². The number of rotatable bonds is 4. The Bertz CT molecular complexity index is 584. The van der Waals surface area contributed by atoms with Crippen molar-refractivity contribution in [1.29, 1.82) is 0 Å². The summed E-state index contributed by atoms with van der Waals surface area (Å²) in [5.41, 5.74) is 8.01. The zero-order chi connectivity index (χ0) is 13.8. The lowest BCUT2D eigenvalue weighted by Crippen LogP contribution is -2.01. The standard InChI is InChI=1S/C15H16FNO2/c1-10-3-5-14(18-2)11(7-10)9-19-15-6-4-12(16)8-13(15)17/h3-8H,9,17H2,1-2H3. The van der Waals surface area contributed by atoms with Crippen LogP contribution in [0.25, 0.3) is 0 Å². The molecule has 2 rings (SSSR count). The lowest BCUT2D eigenvalue weighted by molar-refractivity contribution is 0.297. The monoisotopic (exact) mass is 261 g/mol. The predicted octanol–water partition coefficient (Wildman–Crippen LogP) is 3.30. The first-order valence-corrected chi connectivity index (χ1v) is 5.91. The molecule has 2 aromatic carbocycles. The van der Waals surface area contributed by atoms with Crippen LogP contribution in [0.2, 0.25) is 0 Å². The number of hydrogen-bond donors (Lipinski definition) is 1. The smallest absolute Gasteiger partial charge is 0.142 e. The van der Waals surface area contributed by atoms with E-state index in [0.29, 0.717) is 12.4 Å². The van der Waals surface area contributed by atoms with E-state index >= 15 is 0 Å². The van der Waals surface area contributed by atoms with Gasteiger partial charge in [0.05, 0.1) is 12.8 Å². The summed E-state index contributed by atoms with van der Waals surface area (Å²) in [5, 5.41) is 0. The fourth-order valence-electron chi connectivity index (χ4n) is 1.83. The molecule has 0 radical (unpaired) electrons. The molecule has 0 atom stereocenters. The van der Waals surface area contributed by atoms with Crippen molar-refractivity contribution in [3.05, 3.63) is 53.3 Å². The first-order valence-electron chi connectivity index (χ1n) is 5.91. The highest BCUT2D eigenvalue weighted by Crippen LogP contribution is 2.25. The Morgan fingerprint density at radius 3 is 2.53 bits per heavy atom. The van der Waals surface area contributed by atoms with E-state index in [1.807, 2.05) is 25.1 Å². The maximum Gasteiger partial charge on any atom is 0.142 e. The van der Waals surface area contributed by atoms with E-state index in [1.165, 1.54) is 18.2 Å². The largest absolute Gasteiger partial charge is 0.496 e. The summed E-state index contributed by atoms with van der Waals surface area (Å²) in [4.78, 5) is 0. The molecule has 0 fully saturated rings. The number of hydrogen-bond acceptors (Lipinski definition) is 3. The maximum atomic E-state index is 12.9. The van der Waals surface area contributed by atoms with Gasteiger partial charge in [-0.1, -0.05) is 11.6 Å². The molecule has 0 unspecified atom stereocenters. The highest BCUT2D eigenvalue weighted by atomic mass is 19.1. The number of benzene rings is 2. The number of nitrogens with two attached hydrogens (primary N) is 1.